The zero-order valence-electron chi connectivity index (χ0n) is 12.0. The second kappa shape index (κ2) is 6.03. The van der Waals surface area contributed by atoms with Gasteiger partial charge in [-0.3, -0.25) is 0 Å². The van der Waals surface area contributed by atoms with Crippen LogP contribution in [0.25, 0.3) is 0 Å². The first-order valence-corrected chi connectivity index (χ1v) is 8.01. The summed E-state index contributed by atoms with van der Waals surface area (Å²) in [6.45, 7) is 2.88. The number of carbonyl (C=O) groups is 1. The number of amides is 2. The molecule has 114 valence electrons. The van der Waals surface area contributed by atoms with E-state index in [1.807, 2.05) is 4.90 Å². The highest BCUT2D eigenvalue weighted by molar-refractivity contribution is 6.35. The Bertz CT molecular complexity index is 552. The van der Waals surface area contributed by atoms with E-state index in [2.05, 4.69) is 17.3 Å². The number of anilines is 1. The third-order valence-electron chi connectivity index (χ3n) is 4.50. The van der Waals surface area contributed by atoms with Crippen molar-refractivity contribution in [3.63, 3.8) is 0 Å². The Morgan fingerprint density at radius 1 is 1.29 bits per heavy atom. The van der Waals surface area contributed by atoms with Gasteiger partial charge in [-0.15, -0.1) is 0 Å². The molecule has 2 aliphatic rings. The van der Waals surface area contributed by atoms with E-state index in [0.717, 1.165) is 26.1 Å². The quantitative estimate of drug-likeness (QED) is 0.856. The summed E-state index contributed by atoms with van der Waals surface area (Å²) in [5.74, 6) is 0.627. The van der Waals surface area contributed by atoms with Crippen LogP contribution >= 0.6 is 23.2 Å². The number of likely N-dealkylation sites (N-methyl/N-ethyl adjacent to an activating group) is 1. The molecule has 0 aromatic heterocycles. The fourth-order valence-electron chi connectivity index (χ4n) is 3.33. The molecule has 0 bridgehead atoms. The van der Waals surface area contributed by atoms with E-state index in [4.69, 9.17) is 23.2 Å². The number of rotatable bonds is 1. The zero-order valence-corrected chi connectivity index (χ0v) is 13.5. The van der Waals surface area contributed by atoms with E-state index in [-0.39, 0.29) is 6.03 Å². The third kappa shape index (κ3) is 3.12. The molecule has 3 rings (SSSR count). The van der Waals surface area contributed by atoms with Gasteiger partial charge in [-0.05, 0) is 50.6 Å². The van der Waals surface area contributed by atoms with Crippen LogP contribution < -0.4 is 5.32 Å². The van der Waals surface area contributed by atoms with Gasteiger partial charge in [0.2, 0.25) is 0 Å². The second-order valence-corrected chi connectivity index (χ2v) is 6.76. The fourth-order valence-corrected chi connectivity index (χ4v) is 3.67. The van der Waals surface area contributed by atoms with Gasteiger partial charge in [0.1, 0.15) is 0 Å². The maximum absolute atomic E-state index is 12.5. The number of benzene rings is 1. The Morgan fingerprint density at radius 3 is 2.86 bits per heavy atom. The van der Waals surface area contributed by atoms with Gasteiger partial charge in [0.05, 0.1) is 10.7 Å². The normalized spacial score (nSPS) is 25.8. The fraction of sp³-hybridized carbons (Fsp3) is 0.533. The van der Waals surface area contributed by atoms with E-state index in [1.165, 1.54) is 6.42 Å². The summed E-state index contributed by atoms with van der Waals surface area (Å²) in [7, 11) is 2.11. The summed E-state index contributed by atoms with van der Waals surface area (Å²) in [5.41, 5.74) is 0.571. The molecule has 6 heteroatoms. The zero-order chi connectivity index (χ0) is 15.0. The van der Waals surface area contributed by atoms with E-state index >= 15 is 0 Å². The monoisotopic (exact) mass is 327 g/mol. The van der Waals surface area contributed by atoms with Crippen LogP contribution in [0.4, 0.5) is 10.5 Å². The van der Waals surface area contributed by atoms with Gasteiger partial charge in [-0.2, -0.15) is 0 Å². The van der Waals surface area contributed by atoms with Gasteiger partial charge in [0.15, 0.2) is 0 Å². The second-order valence-electron chi connectivity index (χ2n) is 5.91. The number of carbonyl (C=O) groups excluding carboxylic acids is 1. The van der Waals surface area contributed by atoms with Crippen molar-refractivity contribution in [2.75, 3.05) is 32.0 Å². The highest BCUT2D eigenvalue weighted by atomic mass is 35.5. The van der Waals surface area contributed by atoms with Crippen molar-refractivity contribution in [3.8, 4) is 0 Å². The van der Waals surface area contributed by atoms with Crippen LogP contribution in [0, 0.1) is 5.92 Å². The predicted molar refractivity (Wildman–Crippen MR) is 86.2 cm³/mol. The molecule has 2 saturated heterocycles. The van der Waals surface area contributed by atoms with Gasteiger partial charge in [0, 0.05) is 24.2 Å². The van der Waals surface area contributed by atoms with Gasteiger partial charge in [0.25, 0.3) is 0 Å². The molecule has 21 heavy (non-hydrogen) atoms. The number of hydrogen-bond acceptors (Lipinski definition) is 2. The average molecular weight is 328 g/mol. The lowest BCUT2D eigenvalue weighted by molar-refractivity contribution is 0.137. The lowest BCUT2D eigenvalue weighted by Gasteiger charge is -2.36. The van der Waals surface area contributed by atoms with Crippen molar-refractivity contribution in [2.45, 2.75) is 18.9 Å². The maximum Gasteiger partial charge on any atom is 0.322 e. The largest absolute Gasteiger partial charge is 0.322 e. The standard InChI is InChI=1S/C15H19Cl2N3O/c1-19-6-4-10-5-7-20(14(10)9-19)15(21)18-13-8-11(16)2-3-12(13)17/h2-3,8,10,14H,4-7,9H2,1H3,(H,18,21)/t10-,14-/m1/s1. The van der Waals surface area contributed by atoms with E-state index in [1.54, 1.807) is 18.2 Å². The van der Waals surface area contributed by atoms with Crippen LogP contribution in [0.2, 0.25) is 10.0 Å². The first-order valence-electron chi connectivity index (χ1n) is 7.26. The molecule has 0 saturated carbocycles. The maximum atomic E-state index is 12.5. The van der Waals surface area contributed by atoms with Crippen LogP contribution in [0.3, 0.4) is 0 Å². The smallest absolute Gasteiger partial charge is 0.320 e. The van der Waals surface area contributed by atoms with Crippen LogP contribution in [0.5, 0.6) is 0 Å². The number of nitrogens with one attached hydrogen (secondary N) is 1. The molecule has 2 fully saturated rings. The molecule has 1 aromatic carbocycles. The molecule has 2 atom stereocenters. The summed E-state index contributed by atoms with van der Waals surface area (Å²) in [6.07, 6.45) is 2.26. The van der Waals surface area contributed by atoms with Gasteiger partial charge < -0.3 is 15.1 Å². The van der Waals surface area contributed by atoms with Crippen molar-refractivity contribution in [3.05, 3.63) is 28.2 Å². The molecule has 0 unspecified atom stereocenters. The lowest BCUT2D eigenvalue weighted by atomic mass is 9.92. The molecule has 0 radical (unpaired) electrons. The van der Waals surface area contributed by atoms with Crippen LogP contribution in [-0.2, 0) is 0 Å². The minimum Gasteiger partial charge on any atom is -0.320 e. The minimum atomic E-state index is -0.0815. The Morgan fingerprint density at radius 2 is 2.05 bits per heavy atom. The summed E-state index contributed by atoms with van der Waals surface area (Å²) < 4.78 is 0. The Balaban J connectivity index is 1.72. The minimum absolute atomic E-state index is 0.0815. The highest BCUT2D eigenvalue weighted by Crippen LogP contribution is 2.32. The topological polar surface area (TPSA) is 35.6 Å². The number of nitrogens with zero attached hydrogens (tertiary/aromatic N) is 2. The number of halogens is 2. The first-order chi connectivity index (χ1) is 10.0. The molecule has 1 N–H and O–H groups in total. The number of urea groups is 1. The third-order valence-corrected chi connectivity index (χ3v) is 5.06. The van der Waals surface area contributed by atoms with Crippen LogP contribution in [-0.4, -0.2) is 48.6 Å². The number of likely N-dealkylation sites (tertiary alicyclic amines) is 2. The molecular weight excluding hydrogens is 309 g/mol. The van der Waals surface area contributed by atoms with Crippen molar-refractivity contribution in [2.24, 2.45) is 5.92 Å². The van der Waals surface area contributed by atoms with Crippen molar-refractivity contribution < 1.29 is 4.79 Å². The summed E-state index contributed by atoms with van der Waals surface area (Å²) in [4.78, 5) is 16.8. The van der Waals surface area contributed by atoms with Gasteiger partial charge in [-0.25, -0.2) is 4.79 Å². The average Bonchev–Trinajstić information content (AvgIpc) is 2.85. The first kappa shape index (κ1) is 14.9. The van der Waals surface area contributed by atoms with Gasteiger partial charge >= 0.3 is 6.03 Å². The number of fused-ring (bicyclic) bond motifs is 1. The SMILES string of the molecule is CN1CC[C@@H]2CCN(C(=O)Nc3cc(Cl)ccc3Cl)[C@@H]2C1. The summed E-state index contributed by atoms with van der Waals surface area (Å²) >= 11 is 12.1. The molecule has 0 spiro atoms. The molecular formula is C15H19Cl2N3O. The molecule has 2 heterocycles. The molecule has 0 aliphatic carbocycles. The van der Waals surface area contributed by atoms with Crippen molar-refractivity contribution >= 4 is 34.9 Å². The molecule has 2 amide bonds. The lowest BCUT2D eigenvalue weighted by Crippen LogP contribution is -2.49. The van der Waals surface area contributed by atoms with Crippen molar-refractivity contribution in [1.82, 2.24) is 9.80 Å². The van der Waals surface area contributed by atoms with Gasteiger partial charge in [-0.1, -0.05) is 23.2 Å². The van der Waals surface area contributed by atoms with Crippen LogP contribution in [0.15, 0.2) is 18.2 Å². The Kier molecular flexibility index (Phi) is 4.29. The Labute approximate surface area is 135 Å². The number of hydrogen-bond donors (Lipinski definition) is 1. The van der Waals surface area contributed by atoms with Crippen molar-refractivity contribution in [1.29, 1.82) is 0 Å². The van der Waals surface area contributed by atoms with E-state index in [9.17, 15) is 4.79 Å². The summed E-state index contributed by atoms with van der Waals surface area (Å²) in [5, 5.41) is 3.96. The highest BCUT2D eigenvalue weighted by Gasteiger charge is 2.39. The Hall–Kier alpha value is -0.970. The van der Waals surface area contributed by atoms with Crippen LogP contribution in [0.1, 0.15) is 12.8 Å². The predicted octanol–water partition coefficient (Wildman–Crippen LogP) is 3.55. The van der Waals surface area contributed by atoms with E-state index in [0.29, 0.717) is 27.7 Å². The number of piperidine rings is 1. The van der Waals surface area contributed by atoms with E-state index < -0.39 is 0 Å². The molecule has 4 nitrogen and oxygen atoms in total. The molecule has 2 aliphatic heterocycles. The molecule has 1 aromatic rings. The summed E-state index contributed by atoms with van der Waals surface area (Å²) in [6, 6.07) is 5.31.